The highest BCUT2D eigenvalue weighted by atomic mass is 35.5. The highest BCUT2D eigenvalue weighted by Gasteiger charge is 2.33. The summed E-state index contributed by atoms with van der Waals surface area (Å²) in [6.07, 6.45) is 4.46. The van der Waals surface area contributed by atoms with Crippen LogP contribution in [0.25, 0.3) is 0 Å². The fourth-order valence-corrected chi connectivity index (χ4v) is 3.67. The lowest BCUT2D eigenvalue weighted by molar-refractivity contribution is 0.0982. The third kappa shape index (κ3) is 1.86. The third-order valence-corrected chi connectivity index (χ3v) is 4.72. The van der Waals surface area contributed by atoms with E-state index < -0.39 is 0 Å². The summed E-state index contributed by atoms with van der Waals surface area (Å²) in [6, 6.07) is 5.90. The van der Waals surface area contributed by atoms with E-state index in [4.69, 9.17) is 23.8 Å². The van der Waals surface area contributed by atoms with Gasteiger partial charge in [0.15, 0.2) is 0 Å². The number of thiocarbonyl (C=S) groups is 1. The van der Waals surface area contributed by atoms with Gasteiger partial charge in [-0.2, -0.15) is 0 Å². The zero-order chi connectivity index (χ0) is 12.7. The number of fused-ring (bicyclic) bond motifs is 1. The van der Waals surface area contributed by atoms with Crippen molar-refractivity contribution in [1.29, 1.82) is 0 Å². The maximum absolute atomic E-state index is 12.0. The van der Waals surface area contributed by atoms with Crippen LogP contribution >= 0.6 is 23.8 Å². The zero-order valence-corrected chi connectivity index (χ0v) is 11.5. The predicted octanol–water partition coefficient (Wildman–Crippen LogP) is 3.37. The van der Waals surface area contributed by atoms with Gasteiger partial charge in [-0.15, -0.1) is 11.6 Å². The van der Waals surface area contributed by atoms with Gasteiger partial charge in [-0.05, 0) is 18.4 Å². The van der Waals surface area contributed by atoms with Crippen LogP contribution in [0.1, 0.15) is 53.1 Å². The molecule has 0 bridgehead atoms. The van der Waals surface area contributed by atoms with Crippen LogP contribution in [0, 0.1) is 0 Å². The molecular weight excluding hydrogens is 266 g/mol. The monoisotopic (exact) mass is 279 g/mol. The Hall–Kier alpha value is -0.930. The number of hydrogen-bond acceptors (Lipinski definition) is 2. The van der Waals surface area contributed by atoms with Gasteiger partial charge in [0.25, 0.3) is 5.91 Å². The van der Waals surface area contributed by atoms with E-state index in [0.29, 0.717) is 4.99 Å². The van der Waals surface area contributed by atoms with Gasteiger partial charge in [0.1, 0.15) is 4.99 Å². The van der Waals surface area contributed by atoms with Crippen LogP contribution in [0.2, 0.25) is 0 Å². The van der Waals surface area contributed by atoms with E-state index >= 15 is 0 Å². The Kier molecular flexibility index (Phi) is 3.12. The third-order valence-electron chi connectivity index (χ3n) is 3.88. The lowest BCUT2D eigenvalue weighted by Gasteiger charge is -2.28. The molecule has 1 aromatic carbocycles. The Morgan fingerprint density at radius 3 is 2.83 bits per heavy atom. The zero-order valence-electron chi connectivity index (χ0n) is 9.91. The molecule has 18 heavy (non-hydrogen) atoms. The number of amides is 1. The van der Waals surface area contributed by atoms with Gasteiger partial charge < -0.3 is 5.32 Å². The lowest BCUT2D eigenvalue weighted by atomic mass is 9.81. The van der Waals surface area contributed by atoms with Crippen molar-refractivity contribution in [2.75, 3.05) is 0 Å². The molecule has 3 rings (SSSR count). The van der Waals surface area contributed by atoms with E-state index in [0.717, 1.165) is 29.5 Å². The van der Waals surface area contributed by atoms with E-state index in [1.165, 1.54) is 12.8 Å². The van der Waals surface area contributed by atoms with Crippen LogP contribution in [0.4, 0.5) is 0 Å². The second kappa shape index (κ2) is 4.63. The average Bonchev–Trinajstić information content (AvgIpc) is 2.66. The minimum Gasteiger partial charge on any atom is -0.312 e. The van der Waals surface area contributed by atoms with Crippen LogP contribution in [0.5, 0.6) is 0 Å². The minimum absolute atomic E-state index is 0.0694. The topological polar surface area (TPSA) is 29.1 Å². The van der Waals surface area contributed by atoms with Crippen molar-refractivity contribution >= 4 is 34.7 Å². The molecule has 0 radical (unpaired) electrons. The number of nitrogens with one attached hydrogen (secondary N) is 1. The van der Waals surface area contributed by atoms with Gasteiger partial charge in [-0.25, -0.2) is 0 Å². The SMILES string of the molecule is O=C1NC(=S)c2cccc(C3CCCCC3Cl)c21. The number of rotatable bonds is 1. The fourth-order valence-electron chi connectivity index (χ4n) is 2.99. The van der Waals surface area contributed by atoms with Gasteiger partial charge in [-0.3, -0.25) is 4.79 Å². The summed E-state index contributed by atoms with van der Waals surface area (Å²) in [4.78, 5) is 12.5. The maximum Gasteiger partial charge on any atom is 0.257 e. The Bertz CT molecular complexity index is 529. The molecule has 2 nitrogen and oxygen atoms in total. The van der Waals surface area contributed by atoms with Crippen LogP contribution in [0.15, 0.2) is 18.2 Å². The van der Waals surface area contributed by atoms with E-state index in [9.17, 15) is 4.79 Å². The van der Waals surface area contributed by atoms with Crippen LogP contribution in [0.3, 0.4) is 0 Å². The van der Waals surface area contributed by atoms with Crippen molar-refractivity contribution in [3.05, 3.63) is 34.9 Å². The lowest BCUT2D eigenvalue weighted by Crippen LogP contribution is -2.22. The molecule has 2 aliphatic rings. The van der Waals surface area contributed by atoms with Crippen molar-refractivity contribution in [1.82, 2.24) is 5.32 Å². The number of halogens is 1. The van der Waals surface area contributed by atoms with Crippen LogP contribution < -0.4 is 5.32 Å². The first-order chi connectivity index (χ1) is 8.68. The average molecular weight is 280 g/mol. The van der Waals surface area contributed by atoms with Gasteiger partial charge in [0.05, 0.1) is 5.56 Å². The number of carbonyl (C=O) groups excluding carboxylic acids is 1. The van der Waals surface area contributed by atoms with Gasteiger partial charge in [0, 0.05) is 16.9 Å². The molecule has 1 heterocycles. The van der Waals surface area contributed by atoms with Crippen LogP contribution in [-0.4, -0.2) is 16.3 Å². The highest BCUT2D eigenvalue weighted by molar-refractivity contribution is 7.80. The van der Waals surface area contributed by atoms with E-state index in [-0.39, 0.29) is 17.2 Å². The second-order valence-corrected chi connectivity index (χ2v) is 5.93. The summed E-state index contributed by atoms with van der Waals surface area (Å²) >= 11 is 11.6. The highest BCUT2D eigenvalue weighted by Crippen LogP contribution is 2.39. The molecule has 2 atom stereocenters. The van der Waals surface area contributed by atoms with Gasteiger partial charge in [-0.1, -0.05) is 43.3 Å². The molecule has 0 saturated heterocycles. The smallest absolute Gasteiger partial charge is 0.257 e. The van der Waals surface area contributed by atoms with Crippen molar-refractivity contribution in [3.8, 4) is 0 Å². The van der Waals surface area contributed by atoms with Crippen molar-refractivity contribution in [3.63, 3.8) is 0 Å². The Morgan fingerprint density at radius 2 is 2.06 bits per heavy atom. The first-order valence-corrected chi connectivity index (χ1v) is 7.15. The van der Waals surface area contributed by atoms with E-state index in [1.807, 2.05) is 18.2 Å². The number of alkyl halides is 1. The molecular formula is C14H14ClNOS. The molecule has 1 aromatic rings. The molecule has 0 aromatic heterocycles. The molecule has 1 amide bonds. The minimum atomic E-state index is -0.0694. The summed E-state index contributed by atoms with van der Waals surface area (Å²) in [5.41, 5.74) is 2.69. The molecule has 4 heteroatoms. The molecule has 0 spiro atoms. The quantitative estimate of drug-likeness (QED) is 0.631. The first-order valence-electron chi connectivity index (χ1n) is 6.31. The molecule has 1 saturated carbocycles. The van der Waals surface area contributed by atoms with E-state index in [2.05, 4.69) is 5.32 Å². The van der Waals surface area contributed by atoms with Crippen molar-refractivity contribution < 1.29 is 4.79 Å². The second-order valence-electron chi connectivity index (χ2n) is 4.96. The maximum atomic E-state index is 12.0. The summed E-state index contributed by atoms with van der Waals surface area (Å²) in [7, 11) is 0. The molecule has 1 fully saturated rings. The molecule has 1 aliphatic carbocycles. The van der Waals surface area contributed by atoms with Crippen LogP contribution in [-0.2, 0) is 0 Å². The Morgan fingerprint density at radius 1 is 1.28 bits per heavy atom. The fraction of sp³-hybridized carbons (Fsp3) is 0.429. The summed E-state index contributed by atoms with van der Waals surface area (Å²) < 4.78 is 0. The van der Waals surface area contributed by atoms with Crippen molar-refractivity contribution in [2.45, 2.75) is 37.0 Å². The van der Waals surface area contributed by atoms with E-state index in [1.54, 1.807) is 0 Å². The number of carbonyl (C=O) groups is 1. The Balaban J connectivity index is 2.08. The van der Waals surface area contributed by atoms with Crippen molar-refractivity contribution in [2.24, 2.45) is 0 Å². The first kappa shape index (κ1) is 12.1. The standard InChI is InChI=1S/C14H14ClNOS/c15-11-7-2-1-4-8(11)9-5-3-6-10-12(9)13(17)16-14(10)18/h3,5-6,8,11H,1-2,4,7H2,(H,16,17,18). The Labute approximate surface area is 117 Å². The summed E-state index contributed by atoms with van der Waals surface area (Å²) in [5, 5.41) is 2.86. The number of benzene rings is 1. The summed E-state index contributed by atoms with van der Waals surface area (Å²) in [5.74, 6) is 0.210. The largest absolute Gasteiger partial charge is 0.312 e. The van der Waals surface area contributed by atoms with Gasteiger partial charge in [0.2, 0.25) is 0 Å². The van der Waals surface area contributed by atoms with Gasteiger partial charge >= 0.3 is 0 Å². The molecule has 1 N–H and O–H groups in total. The molecule has 2 unspecified atom stereocenters. The number of hydrogen-bond donors (Lipinski definition) is 1. The summed E-state index contributed by atoms with van der Waals surface area (Å²) in [6.45, 7) is 0. The normalized spacial score (nSPS) is 26.9. The predicted molar refractivity (Wildman–Crippen MR) is 76.5 cm³/mol. The molecule has 1 aliphatic heterocycles. The molecule has 94 valence electrons.